The van der Waals surface area contributed by atoms with E-state index in [4.69, 9.17) is 68.9 Å². The smallest absolute Gasteiger partial charge is 0.425 e. The fourth-order valence-corrected chi connectivity index (χ4v) is 11.2. The van der Waals surface area contributed by atoms with Gasteiger partial charge in [-0.25, -0.2) is 53.9 Å². The van der Waals surface area contributed by atoms with Crippen molar-refractivity contribution in [3.05, 3.63) is 142 Å². The van der Waals surface area contributed by atoms with Gasteiger partial charge in [0, 0.05) is 61.4 Å². The van der Waals surface area contributed by atoms with E-state index < -0.39 is 58.5 Å². The van der Waals surface area contributed by atoms with Crippen molar-refractivity contribution in [2.24, 2.45) is 0 Å². The first-order chi connectivity index (χ1) is 52.1. The third kappa shape index (κ3) is 48.1. The van der Waals surface area contributed by atoms with E-state index >= 15 is 0 Å². The first-order valence-electron chi connectivity index (χ1n) is 34.9. The van der Waals surface area contributed by atoms with Crippen LogP contribution in [0.5, 0.6) is 0 Å². The Bertz CT molecular complexity index is 4050. The van der Waals surface area contributed by atoms with Gasteiger partial charge in [-0.05, 0) is 256 Å². The Labute approximate surface area is 695 Å². The molecule has 6 aromatic heterocycles. The number of carbonyl (C=O) groups excluding carboxylic acids is 9. The Morgan fingerprint density at radius 2 is 0.858 bits per heavy atom. The molecule has 0 saturated carbocycles. The van der Waals surface area contributed by atoms with Crippen LogP contribution in [0.25, 0.3) is 5.57 Å². The molecule has 0 bridgehead atoms. The van der Waals surface area contributed by atoms with E-state index in [-0.39, 0.29) is 24.7 Å². The second-order valence-electron chi connectivity index (χ2n) is 30.5. The monoisotopic (exact) mass is 1830 g/mol. The lowest BCUT2D eigenvalue weighted by Gasteiger charge is -2.28. The minimum atomic E-state index is -0.836. The summed E-state index contributed by atoms with van der Waals surface area (Å²) in [5.41, 5.74) is 16.3. The van der Waals surface area contributed by atoms with Crippen molar-refractivity contribution >= 4 is 147 Å². The molecule has 113 heavy (non-hydrogen) atoms. The van der Waals surface area contributed by atoms with Crippen molar-refractivity contribution in [3.8, 4) is 0 Å². The highest BCUT2D eigenvalue weighted by Crippen LogP contribution is 2.29. The minimum absolute atomic E-state index is 0.139. The van der Waals surface area contributed by atoms with Gasteiger partial charge in [-0.1, -0.05) is 69.8 Å². The van der Waals surface area contributed by atoms with Gasteiger partial charge in [-0.3, -0.25) is 16.0 Å². The summed E-state index contributed by atoms with van der Waals surface area (Å²) in [6.45, 7) is 35.1. The van der Waals surface area contributed by atoms with Crippen LogP contribution >= 0.6 is 63.7 Å². The first-order valence-corrected chi connectivity index (χ1v) is 38.1. The number of rotatable bonds is 13. The summed E-state index contributed by atoms with van der Waals surface area (Å²) in [7, 11) is 11.9. The van der Waals surface area contributed by atoms with Crippen LogP contribution in [-0.4, -0.2) is 189 Å². The second-order valence-corrected chi connectivity index (χ2v) is 34.2. The Kier molecular flexibility index (Phi) is 44.4. The maximum Gasteiger partial charge on any atom is 0.425 e. The zero-order chi connectivity index (χ0) is 86.5. The molecule has 1 unspecified atom stereocenters. The van der Waals surface area contributed by atoms with E-state index in [9.17, 15) is 24.0 Å². The molecule has 1 saturated heterocycles. The number of nitrogens with zero attached hydrogens (tertiary/aromatic N) is 10. The summed E-state index contributed by atoms with van der Waals surface area (Å²) in [5.74, 6) is 3.09. The second kappa shape index (κ2) is 49.1. The number of pyridine rings is 6. The molecule has 8 N–H and O–H groups in total. The number of hydrogen-bond acceptors (Lipinski definition) is 28. The molecule has 1 atom stereocenters. The van der Waals surface area contributed by atoms with Gasteiger partial charge in [0.25, 0.3) is 0 Å². The predicted molar refractivity (Wildman–Crippen MR) is 444 cm³/mol. The molecule has 2 aliphatic rings. The maximum atomic E-state index is 12.5. The first kappa shape index (κ1) is 102. The molecule has 6 aromatic rings. The number of hydrogen-bond donors (Lipinski definition) is 6. The standard InChI is InChI=1S/C17H25N3O3.C16H23BrN2O4.C13H20BrN3O2.C12H19N3O.C11H15BrN2O3.C6H7BrN2.2CO2/c1-17(2,3)23-16(21)19-15-9-13(12-6-7-22-11-12)8-14(18-15)10-20(4)5;1-10-8-11(17)9-12(18-10)19(13(20)22-15(2,3)4)14(21)23-16(5,6)7;1-13(2,3)19-12(18)16-11-7-9(14)6-10(15-11)8-17(4)5;1-15(2)7-11-5-10(6-12(13)14-11)9-3-4-16-8-9;1-11(2,3)17-10(16)14-9-5-7(12)4-8(6-15)13-9;1-4-2-5(7)3-6(8)9-4;2*2-1-3/h6,8-9H,7,10-11H2,1-5H3,(H,18,19,21);8-9H,1-7H3;6-7H,8H2,1-5H3,(H,15,16,18);5-6,9H,3-4,7-8H2,1-2H3,(H2,13,14);4-5,15H,6H2,1-3H3,(H,13,14,16);2-3H,1H3,(H2,8,9);;. The number of nitrogens with two attached hydrogens (primary N) is 2. The molecule has 1 fully saturated rings. The molecule has 8 heterocycles. The van der Waals surface area contributed by atoms with Crippen LogP contribution < -0.4 is 32.3 Å². The molecule has 5 amide bonds. The van der Waals surface area contributed by atoms with Crippen molar-refractivity contribution in [1.82, 2.24) is 44.6 Å². The topological polar surface area (TPSA) is 417 Å². The number of aryl methyl sites for hydroxylation is 2. The lowest BCUT2D eigenvalue weighted by molar-refractivity contribution is -0.193. The largest absolute Gasteiger partial charge is 0.444 e. The van der Waals surface area contributed by atoms with Crippen LogP contribution in [0.4, 0.5) is 58.9 Å². The third-order valence-electron chi connectivity index (χ3n) is 12.7. The summed E-state index contributed by atoms with van der Waals surface area (Å²) in [6.07, 6.45) is 0.376. The van der Waals surface area contributed by atoms with E-state index in [1.165, 1.54) is 5.56 Å². The van der Waals surface area contributed by atoms with Crippen molar-refractivity contribution in [1.29, 1.82) is 0 Å². The highest BCUT2D eigenvalue weighted by molar-refractivity contribution is 9.11. The SMILES string of the molecule is CC(C)(C)OC(=O)Nc1cc(Br)cc(CO)n1.CN(C)Cc1cc(Br)cc(NC(=O)OC(C)(C)C)n1.CN(C)Cc1cc(C2=CCOC2)cc(NC(=O)OC(C)(C)C)n1.CN(C)Cc1cc(C2CCOC2)cc(N)n1.Cc1cc(Br)cc(N(C(=O)OC(C)(C)C)C(=O)OC(C)(C)C)n1.Cc1cc(Br)cc(N)n1.O=C=O.O=C=O. The summed E-state index contributed by atoms with van der Waals surface area (Å²) in [4.78, 5) is 125. The number of imide groups is 1. The van der Waals surface area contributed by atoms with Gasteiger partial charge in [0.15, 0.2) is 0 Å². The number of carbonyl (C=O) groups is 5. The van der Waals surface area contributed by atoms with Crippen LogP contribution in [0.15, 0.2) is 96.8 Å². The number of aliphatic hydroxyl groups excluding tert-OH is 1. The Morgan fingerprint density at radius 3 is 1.22 bits per heavy atom. The Balaban J connectivity index is 0.000000678. The molecule has 36 heteroatoms. The van der Waals surface area contributed by atoms with Crippen LogP contribution in [0.2, 0.25) is 0 Å². The Hall–Kier alpha value is -8.77. The highest BCUT2D eigenvalue weighted by Gasteiger charge is 2.34. The van der Waals surface area contributed by atoms with Gasteiger partial charge in [0.05, 0.1) is 49.2 Å². The normalized spacial score (nSPS) is 12.8. The van der Waals surface area contributed by atoms with E-state index in [0.717, 1.165) is 78.4 Å². The fraction of sp³-hybridized carbons (Fsp3) is 0.494. The van der Waals surface area contributed by atoms with Crippen molar-refractivity contribution < 1.29 is 81.4 Å². The van der Waals surface area contributed by atoms with Gasteiger partial charge in [0.1, 0.15) is 62.9 Å². The summed E-state index contributed by atoms with van der Waals surface area (Å²) >= 11 is 13.3. The summed E-state index contributed by atoms with van der Waals surface area (Å²) in [5, 5.41) is 16.8. The molecule has 0 aliphatic carbocycles. The van der Waals surface area contributed by atoms with Gasteiger partial charge < -0.3 is 64.4 Å². The molecule has 622 valence electrons. The van der Waals surface area contributed by atoms with E-state index in [1.807, 2.05) is 137 Å². The Morgan fingerprint density at radius 1 is 0.487 bits per heavy atom. The number of nitrogens with one attached hydrogen (secondary N) is 3. The number of nitrogen functional groups attached to an aromatic ring is 2. The molecule has 8 rings (SSSR count). The van der Waals surface area contributed by atoms with Gasteiger partial charge in [-0.15, -0.1) is 0 Å². The average molecular weight is 1840 g/mol. The predicted octanol–water partition coefficient (Wildman–Crippen LogP) is 15.5. The number of halogens is 4. The maximum absolute atomic E-state index is 12.5. The summed E-state index contributed by atoms with van der Waals surface area (Å²) < 4.78 is 40.2. The minimum Gasteiger partial charge on any atom is -0.444 e. The highest BCUT2D eigenvalue weighted by atomic mass is 79.9. The van der Waals surface area contributed by atoms with Crippen molar-refractivity contribution in [3.63, 3.8) is 0 Å². The quantitative estimate of drug-likeness (QED) is 0.0585. The summed E-state index contributed by atoms with van der Waals surface area (Å²) in [6, 6.07) is 22.0. The van der Waals surface area contributed by atoms with E-state index in [2.05, 4.69) is 121 Å². The van der Waals surface area contributed by atoms with Crippen molar-refractivity contribution in [2.45, 2.75) is 184 Å². The van der Waals surface area contributed by atoms with E-state index in [1.54, 1.807) is 106 Å². The lowest BCUT2D eigenvalue weighted by atomic mass is 9.98. The van der Waals surface area contributed by atoms with Gasteiger partial charge >= 0.3 is 42.8 Å². The van der Waals surface area contributed by atoms with Crippen molar-refractivity contribution in [2.75, 3.05) is 101 Å². The van der Waals surface area contributed by atoms with Gasteiger partial charge in [0.2, 0.25) is 0 Å². The number of aliphatic hydroxyl groups is 1. The van der Waals surface area contributed by atoms with E-state index in [0.29, 0.717) is 77.2 Å². The van der Waals surface area contributed by atoms with Crippen LogP contribution in [0, 0.1) is 13.8 Å². The van der Waals surface area contributed by atoms with Crippen LogP contribution in [-0.2, 0) is 78.6 Å². The molecule has 32 nitrogen and oxygen atoms in total. The molecular formula is C77H109Br4N15O17. The molecule has 0 spiro atoms. The fourth-order valence-electron chi connectivity index (χ4n) is 9.10. The lowest BCUT2D eigenvalue weighted by Crippen LogP contribution is -2.44. The zero-order valence-corrected chi connectivity index (χ0v) is 74.9. The molecular weight excluding hydrogens is 1730 g/mol. The zero-order valence-electron chi connectivity index (χ0n) is 68.6. The molecule has 0 aromatic carbocycles. The number of aromatic nitrogens is 6. The third-order valence-corrected chi connectivity index (χ3v) is 14.5. The average Bonchev–Trinajstić information content (AvgIpc) is 1.58. The van der Waals surface area contributed by atoms with Gasteiger partial charge in [-0.2, -0.15) is 24.1 Å². The molecule has 0 radical (unpaired) electrons. The van der Waals surface area contributed by atoms with Crippen LogP contribution in [0.1, 0.15) is 161 Å². The number of amides is 5. The molecule has 2 aliphatic heterocycles. The number of anilines is 6. The number of ether oxygens (including phenoxy) is 7. The van der Waals surface area contributed by atoms with Crippen LogP contribution in [0.3, 0.4) is 0 Å².